The largest absolute Gasteiger partial charge is 0.359 e. The van der Waals surface area contributed by atoms with Crippen molar-refractivity contribution >= 4 is 17.2 Å². The molecule has 3 aromatic heterocycles. The lowest BCUT2D eigenvalue weighted by Gasteiger charge is -2.14. The first-order chi connectivity index (χ1) is 10.7. The van der Waals surface area contributed by atoms with Gasteiger partial charge in [0.1, 0.15) is 0 Å². The van der Waals surface area contributed by atoms with E-state index >= 15 is 0 Å². The molecule has 1 amide bonds. The van der Waals surface area contributed by atoms with Crippen LogP contribution in [0.15, 0.2) is 34.3 Å². The first-order valence-electron chi connectivity index (χ1n) is 6.96. The van der Waals surface area contributed by atoms with Crippen molar-refractivity contribution in [2.45, 2.75) is 19.9 Å². The fourth-order valence-electron chi connectivity index (χ4n) is 2.17. The molecule has 0 radical (unpaired) electrons. The van der Waals surface area contributed by atoms with Crippen LogP contribution in [-0.4, -0.2) is 33.2 Å². The van der Waals surface area contributed by atoms with Crippen molar-refractivity contribution in [3.05, 3.63) is 46.8 Å². The Bertz CT molecular complexity index is 760. The first-order valence-corrected chi connectivity index (χ1v) is 7.84. The van der Waals surface area contributed by atoms with E-state index < -0.39 is 0 Å². The van der Waals surface area contributed by atoms with E-state index in [4.69, 9.17) is 4.52 Å². The summed E-state index contributed by atoms with van der Waals surface area (Å²) >= 11 is 1.56. The number of amides is 1. The van der Waals surface area contributed by atoms with Crippen molar-refractivity contribution < 1.29 is 9.32 Å². The van der Waals surface area contributed by atoms with Crippen molar-refractivity contribution in [3.63, 3.8) is 0 Å². The average Bonchev–Trinajstić information content (AvgIpc) is 3.26. The summed E-state index contributed by atoms with van der Waals surface area (Å²) in [6.45, 7) is 2.39. The van der Waals surface area contributed by atoms with Crippen LogP contribution in [0, 0.1) is 0 Å². The van der Waals surface area contributed by atoms with E-state index in [1.165, 1.54) is 0 Å². The second-order valence-corrected chi connectivity index (χ2v) is 5.88. The normalized spacial score (nSPS) is 10.8. The molecule has 0 saturated carbocycles. The van der Waals surface area contributed by atoms with Crippen molar-refractivity contribution in [1.82, 2.24) is 20.3 Å². The third-order valence-corrected chi connectivity index (χ3v) is 4.23. The number of thiophene rings is 1. The molecular weight excluding hydrogens is 300 g/mol. The second-order valence-electron chi connectivity index (χ2n) is 4.94. The van der Waals surface area contributed by atoms with Gasteiger partial charge in [0.2, 0.25) is 0 Å². The Hall–Kier alpha value is -2.41. The predicted octanol–water partition coefficient (Wildman–Crippen LogP) is 2.96. The number of carbonyl (C=O) groups excluding carboxylic acids is 1. The lowest BCUT2D eigenvalue weighted by molar-refractivity contribution is 0.0773. The number of hydrogen-bond donors (Lipinski definition) is 1. The highest BCUT2D eigenvalue weighted by atomic mass is 32.1. The molecule has 0 aromatic carbocycles. The number of nitrogens with one attached hydrogen (secondary N) is 1. The molecule has 0 fully saturated rings. The summed E-state index contributed by atoms with van der Waals surface area (Å²) in [5.41, 5.74) is 2.19. The summed E-state index contributed by atoms with van der Waals surface area (Å²) in [7, 11) is 1.74. The van der Waals surface area contributed by atoms with Crippen LogP contribution in [0.1, 0.15) is 28.7 Å². The maximum absolute atomic E-state index is 12.6. The Balaban J connectivity index is 1.78. The van der Waals surface area contributed by atoms with Crippen LogP contribution in [-0.2, 0) is 13.0 Å². The SMILES string of the molecule is CCc1cc(CN(C)C(=O)c2cn[nH]c2-c2cccs2)on1. The zero-order chi connectivity index (χ0) is 15.5. The molecule has 0 aliphatic carbocycles. The molecule has 0 atom stereocenters. The molecule has 0 saturated heterocycles. The van der Waals surface area contributed by atoms with Crippen LogP contribution in [0.2, 0.25) is 0 Å². The summed E-state index contributed by atoms with van der Waals surface area (Å²) in [5, 5.41) is 12.8. The highest BCUT2D eigenvalue weighted by Crippen LogP contribution is 2.26. The van der Waals surface area contributed by atoms with Crippen molar-refractivity contribution in [2.75, 3.05) is 7.05 Å². The van der Waals surface area contributed by atoms with Gasteiger partial charge in [0.15, 0.2) is 5.76 Å². The van der Waals surface area contributed by atoms with Gasteiger partial charge in [-0.1, -0.05) is 18.1 Å². The number of hydrogen-bond acceptors (Lipinski definition) is 5. The Morgan fingerprint density at radius 3 is 3.05 bits per heavy atom. The number of rotatable bonds is 5. The van der Waals surface area contributed by atoms with Crippen LogP contribution in [0.3, 0.4) is 0 Å². The van der Waals surface area contributed by atoms with Crippen LogP contribution in [0.4, 0.5) is 0 Å². The van der Waals surface area contributed by atoms with Crippen molar-refractivity contribution in [1.29, 1.82) is 0 Å². The molecule has 3 heterocycles. The summed E-state index contributed by atoms with van der Waals surface area (Å²) in [6.07, 6.45) is 2.37. The molecule has 0 bridgehead atoms. The highest BCUT2D eigenvalue weighted by Gasteiger charge is 2.20. The van der Waals surface area contributed by atoms with Crippen LogP contribution >= 0.6 is 11.3 Å². The Labute approximate surface area is 131 Å². The number of aromatic amines is 1. The molecule has 22 heavy (non-hydrogen) atoms. The van der Waals surface area contributed by atoms with Gasteiger partial charge in [-0.25, -0.2) is 0 Å². The maximum Gasteiger partial charge on any atom is 0.257 e. The average molecular weight is 316 g/mol. The standard InChI is InChI=1S/C15H16N4O2S/c1-3-10-7-11(21-18-10)9-19(2)15(20)12-8-16-17-14(12)13-5-4-6-22-13/h4-8H,3,9H2,1-2H3,(H,16,17). The summed E-state index contributed by atoms with van der Waals surface area (Å²) in [6, 6.07) is 5.78. The molecule has 0 aliphatic heterocycles. The fourth-order valence-corrected chi connectivity index (χ4v) is 2.90. The number of aryl methyl sites for hydroxylation is 1. The van der Waals surface area contributed by atoms with Crippen LogP contribution in [0.5, 0.6) is 0 Å². The van der Waals surface area contributed by atoms with Gasteiger partial charge < -0.3 is 9.42 Å². The minimum atomic E-state index is -0.105. The van der Waals surface area contributed by atoms with Gasteiger partial charge >= 0.3 is 0 Å². The summed E-state index contributed by atoms with van der Waals surface area (Å²) in [4.78, 5) is 15.2. The summed E-state index contributed by atoms with van der Waals surface area (Å²) < 4.78 is 5.23. The maximum atomic E-state index is 12.6. The Morgan fingerprint density at radius 2 is 2.36 bits per heavy atom. The molecule has 3 rings (SSSR count). The van der Waals surface area contributed by atoms with E-state index in [2.05, 4.69) is 15.4 Å². The number of aromatic nitrogens is 3. The minimum absolute atomic E-state index is 0.105. The van der Waals surface area contributed by atoms with Gasteiger partial charge in [-0.3, -0.25) is 9.89 Å². The number of nitrogens with zero attached hydrogens (tertiary/aromatic N) is 3. The molecule has 114 valence electrons. The van der Waals surface area contributed by atoms with E-state index in [0.29, 0.717) is 17.9 Å². The van der Waals surface area contributed by atoms with Gasteiger partial charge in [0, 0.05) is 13.1 Å². The van der Waals surface area contributed by atoms with Gasteiger partial charge in [-0.05, 0) is 17.9 Å². The molecule has 6 nitrogen and oxygen atoms in total. The molecule has 0 aliphatic rings. The van der Waals surface area contributed by atoms with Crippen molar-refractivity contribution in [2.24, 2.45) is 0 Å². The molecule has 0 spiro atoms. The molecular formula is C15H16N4O2S. The predicted molar refractivity (Wildman–Crippen MR) is 83.6 cm³/mol. The monoisotopic (exact) mass is 316 g/mol. The lowest BCUT2D eigenvalue weighted by Crippen LogP contribution is -2.26. The minimum Gasteiger partial charge on any atom is -0.359 e. The van der Waals surface area contributed by atoms with Gasteiger partial charge in [-0.2, -0.15) is 5.10 Å². The number of H-pyrrole nitrogens is 1. The van der Waals surface area contributed by atoms with Crippen molar-refractivity contribution in [3.8, 4) is 10.6 Å². The van der Waals surface area contributed by atoms with E-state index in [0.717, 1.165) is 22.7 Å². The van der Waals surface area contributed by atoms with Gasteiger partial charge in [0.25, 0.3) is 5.91 Å². The lowest BCUT2D eigenvalue weighted by atomic mass is 10.2. The zero-order valence-corrected chi connectivity index (χ0v) is 13.2. The summed E-state index contributed by atoms with van der Waals surface area (Å²) in [5.74, 6) is 0.570. The van der Waals surface area contributed by atoms with Gasteiger partial charge in [-0.15, -0.1) is 11.3 Å². The van der Waals surface area contributed by atoms with E-state index in [1.807, 2.05) is 30.5 Å². The second kappa shape index (κ2) is 6.15. The molecule has 7 heteroatoms. The van der Waals surface area contributed by atoms with E-state index in [9.17, 15) is 4.79 Å². The smallest absolute Gasteiger partial charge is 0.257 e. The first kappa shape index (κ1) is 14.5. The third kappa shape index (κ3) is 2.80. The van der Waals surface area contributed by atoms with Crippen LogP contribution < -0.4 is 0 Å². The zero-order valence-electron chi connectivity index (χ0n) is 12.4. The number of carbonyl (C=O) groups is 1. The quantitative estimate of drug-likeness (QED) is 0.785. The topological polar surface area (TPSA) is 75.0 Å². The molecule has 1 N–H and O–H groups in total. The van der Waals surface area contributed by atoms with E-state index in [-0.39, 0.29) is 5.91 Å². The highest BCUT2D eigenvalue weighted by molar-refractivity contribution is 7.13. The van der Waals surface area contributed by atoms with E-state index in [1.54, 1.807) is 29.5 Å². The third-order valence-electron chi connectivity index (χ3n) is 3.35. The molecule has 0 unspecified atom stereocenters. The fraction of sp³-hybridized carbons (Fsp3) is 0.267. The molecule has 3 aromatic rings. The Morgan fingerprint density at radius 1 is 1.50 bits per heavy atom. The Kier molecular flexibility index (Phi) is 4.06. The van der Waals surface area contributed by atoms with Gasteiger partial charge in [0.05, 0.1) is 34.6 Å². The van der Waals surface area contributed by atoms with Crippen LogP contribution in [0.25, 0.3) is 10.6 Å².